The number of urea groups is 1. The zero-order valence-corrected chi connectivity index (χ0v) is 11.7. The molecule has 0 spiro atoms. The van der Waals surface area contributed by atoms with Gasteiger partial charge in [0.15, 0.2) is 0 Å². The van der Waals surface area contributed by atoms with Crippen molar-refractivity contribution < 1.29 is 9.53 Å². The summed E-state index contributed by atoms with van der Waals surface area (Å²) in [5, 5.41) is 8.93. The number of carbonyl (C=O) groups is 1. The van der Waals surface area contributed by atoms with Crippen LogP contribution in [0.5, 0.6) is 0 Å². The summed E-state index contributed by atoms with van der Waals surface area (Å²) in [4.78, 5) is 16.2. The van der Waals surface area contributed by atoms with E-state index in [2.05, 4.69) is 15.6 Å². The first-order valence-corrected chi connectivity index (χ1v) is 7.77. The Bertz CT molecular complexity index is 439. The Balaban J connectivity index is 1.36. The number of amides is 2. The molecule has 2 amide bonds. The van der Waals surface area contributed by atoms with Crippen molar-refractivity contribution in [3.8, 4) is 0 Å². The summed E-state index contributed by atoms with van der Waals surface area (Å²) in [5.41, 5.74) is 0.958. The van der Waals surface area contributed by atoms with E-state index < -0.39 is 0 Å². The summed E-state index contributed by atoms with van der Waals surface area (Å²) in [7, 11) is 0. The quantitative estimate of drug-likeness (QED) is 0.867. The van der Waals surface area contributed by atoms with Crippen LogP contribution >= 0.6 is 11.3 Å². The van der Waals surface area contributed by atoms with E-state index in [0.717, 1.165) is 25.1 Å². The number of rotatable bonds is 5. The fraction of sp³-hybridized carbons (Fsp3) is 0.692. The van der Waals surface area contributed by atoms with E-state index in [1.54, 1.807) is 11.3 Å². The second kappa shape index (κ2) is 5.88. The molecule has 5 nitrogen and oxygen atoms in total. The van der Waals surface area contributed by atoms with Crippen molar-refractivity contribution in [1.82, 2.24) is 15.6 Å². The average Bonchev–Trinajstić information content (AvgIpc) is 2.95. The molecule has 1 aliphatic heterocycles. The first-order valence-electron chi connectivity index (χ1n) is 6.89. The molecule has 1 aromatic heterocycles. The summed E-state index contributed by atoms with van der Waals surface area (Å²) >= 11 is 1.70. The molecule has 0 unspecified atom stereocenters. The van der Waals surface area contributed by atoms with Crippen LogP contribution in [0.25, 0.3) is 0 Å². The van der Waals surface area contributed by atoms with Crippen LogP contribution in [-0.2, 0) is 11.3 Å². The minimum Gasteiger partial charge on any atom is -0.376 e. The van der Waals surface area contributed by atoms with Gasteiger partial charge >= 0.3 is 6.03 Å². The van der Waals surface area contributed by atoms with E-state index >= 15 is 0 Å². The Kier molecular flexibility index (Phi) is 3.98. The van der Waals surface area contributed by atoms with Crippen molar-refractivity contribution >= 4 is 17.4 Å². The predicted octanol–water partition coefficient (Wildman–Crippen LogP) is 2.00. The molecular formula is C13H19N3O2S. The molecule has 3 rings (SSSR count). The van der Waals surface area contributed by atoms with Crippen LogP contribution in [-0.4, -0.2) is 30.3 Å². The largest absolute Gasteiger partial charge is 0.376 e. The van der Waals surface area contributed by atoms with Gasteiger partial charge in [0.05, 0.1) is 23.4 Å². The third kappa shape index (κ3) is 3.67. The highest BCUT2D eigenvalue weighted by molar-refractivity contribution is 7.09. The number of hydrogen-bond donors (Lipinski definition) is 2. The molecule has 2 aliphatic rings. The normalized spacial score (nSPS) is 22.4. The van der Waals surface area contributed by atoms with Gasteiger partial charge in [-0.1, -0.05) is 0 Å². The number of aromatic nitrogens is 1. The van der Waals surface area contributed by atoms with Gasteiger partial charge in [-0.2, -0.15) is 0 Å². The number of nitrogens with zero attached hydrogens (tertiary/aromatic N) is 1. The van der Waals surface area contributed by atoms with Crippen LogP contribution in [0, 0.1) is 0 Å². The first-order chi connectivity index (χ1) is 9.31. The van der Waals surface area contributed by atoms with E-state index in [1.807, 2.05) is 5.38 Å². The first kappa shape index (κ1) is 12.9. The van der Waals surface area contributed by atoms with Gasteiger partial charge < -0.3 is 15.4 Å². The second-order valence-corrected chi connectivity index (χ2v) is 6.04. The van der Waals surface area contributed by atoms with Crippen molar-refractivity contribution in [2.45, 2.75) is 44.2 Å². The molecule has 1 aromatic rings. The maximum atomic E-state index is 11.6. The Morgan fingerprint density at radius 1 is 1.42 bits per heavy atom. The van der Waals surface area contributed by atoms with Gasteiger partial charge in [-0.15, -0.1) is 11.3 Å². The average molecular weight is 281 g/mol. The van der Waals surface area contributed by atoms with Gasteiger partial charge in [0.1, 0.15) is 0 Å². The maximum absolute atomic E-state index is 11.6. The van der Waals surface area contributed by atoms with Crippen molar-refractivity contribution in [1.29, 1.82) is 0 Å². The molecular weight excluding hydrogens is 262 g/mol. The highest BCUT2D eigenvalue weighted by Gasteiger charge is 2.26. The number of carbonyl (C=O) groups excluding carboxylic acids is 1. The SMILES string of the molecule is O=C(NCc1csc(C2CC2)n1)NC[C@@H]1CCCO1. The molecule has 1 saturated heterocycles. The predicted molar refractivity (Wildman–Crippen MR) is 73.3 cm³/mol. The summed E-state index contributed by atoms with van der Waals surface area (Å²) < 4.78 is 5.45. The molecule has 19 heavy (non-hydrogen) atoms. The van der Waals surface area contributed by atoms with Gasteiger partial charge in [0.2, 0.25) is 0 Å². The van der Waals surface area contributed by atoms with Crippen molar-refractivity contribution in [3.05, 3.63) is 16.1 Å². The highest BCUT2D eigenvalue weighted by Crippen LogP contribution is 2.41. The Morgan fingerprint density at radius 2 is 2.32 bits per heavy atom. The lowest BCUT2D eigenvalue weighted by Gasteiger charge is -2.11. The standard InChI is InChI=1S/C13H19N3O2S/c17-13(15-7-11-2-1-5-18-11)14-6-10-8-19-12(16-10)9-3-4-9/h8-9,11H,1-7H2,(H2,14,15,17)/t11-/m0/s1. The Labute approximate surface area is 116 Å². The fourth-order valence-corrected chi connectivity index (χ4v) is 3.16. The molecule has 1 atom stereocenters. The van der Waals surface area contributed by atoms with E-state index in [4.69, 9.17) is 4.74 Å². The summed E-state index contributed by atoms with van der Waals surface area (Å²) in [6, 6.07) is -0.142. The molecule has 0 aromatic carbocycles. The number of nitrogens with one attached hydrogen (secondary N) is 2. The van der Waals surface area contributed by atoms with Crippen LogP contribution in [0.15, 0.2) is 5.38 Å². The maximum Gasteiger partial charge on any atom is 0.315 e. The van der Waals surface area contributed by atoms with Crippen LogP contribution in [0.3, 0.4) is 0 Å². The molecule has 2 heterocycles. The van der Waals surface area contributed by atoms with E-state index in [0.29, 0.717) is 19.0 Å². The number of hydrogen-bond acceptors (Lipinski definition) is 4. The third-order valence-corrected chi connectivity index (χ3v) is 4.50. The van der Waals surface area contributed by atoms with Gasteiger partial charge in [-0.25, -0.2) is 9.78 Å². The minimum absolute atomic E-state index is 0.142. The Hall–Kier alpha value is -1.14. The number of ether oxygens (including phenoxy) is 1. The monoisotopic (exact) mass is 281 g/mol. The van der Waals surface area contributed by atoms with Crippen LogP contribution in [0.1, 0.15) is 42.3 Å². The zero-order valence-electron chi connectivity index (χ0n) is 10.9. The molecule has 0 bridgehead atoms. The third-order valence-electron chi connectivity index (χ3n) is 3.44. The lowest BCUT2D eigenvalue weighted by Crippen LogP contribution is -2.39. The molecule has 6 heteroatoms. The molecule has 2 N–H and O–H groups in total. The Morgan fingerprint density at radius 3 is 3.05 bits per heavy atom. The highest BCUT2D eigenvalue weighted by atomic mass is 32.1. The summed E-state index contributed by atoms with van der Waals surface area (Å²) in [5.74, 6) is 0.687. The minimum atomic E-state index is -0.142. The van der Waals surface area contributed by atoms with Crippen LogP contribution in [0.2, 0.25) is 0 Å². The number of thiazole rings is 1. The molecule has 1 saturated carbocycles. The zero-order chi connectivity index (χ0) is 13.1. The molecule has 104 valence electrons. The summed E-state index contributed by atoms with van der Waals surface area (Å²) in [6.07, 6.45) is 4.85. The molecule has 1 aliphatic carbocycles. The van der Waals surface area contributed by atoms with Crippen LogP contribution < -0.4 is 10.6 Å². The second-order valence-electron chi connectivity index (χ2n) is 5.15. The smallest absolute Gasteiger partial charge is 0.315 e. The lowest BCUT2D eigenvalue weighted by molar-refractivity contribution is 0.111. The van der Waals surface area contributed by atoms with E-state index in [-0.39, 0.29) is 12.1 Å². The van der Waals surface area contributed by atoms with Crippen molar-refractivity contribution in [3.63, 3.8) is 0 Å². The fourth-order valence-electron chi connectivity index (χ4n) is 2.17. The van der Waals surface area contributed by atoms with Crippen molar-refractivity contribution in [2.75, 3.05) is 13.2 Å². The summed E-state index contributed by atoms with van der Waals surface area (Å²) in [6.45, 7) is 1.91. The topological polar surface area (TPSA) is 63.2 Å². The van der Waals surface area contributed by atoms with Gasteiger partial charge in [-0.05, 0) is 25.7 Å². The lowest BCUT2D eigenvalue weighted by atomic mass is 10.2. The van der Waals surface area contributed by atoms with E-state index in [1.165, 1.54) is 17.8 Å². The van der Waals surface area contributed by atoms with Gasteiger partial charge in [0.25, 0.3) is 0 Å². The molecule has 0 radical (unpaired) electrons. The van der Waals surface area contributed by atoms with Gasteiger partial charge in [0, 0.05) is 24.4 Å². The van der Waals surface area contributed by atoms with Crippen LogP contribution in [0.4, 0.5) is 4.79 Å². The van der Waals surface area contributed by atoms with Crippen molar-refractivity contribution in [2.24, 2.45) is 0 Å². The molecule has 2 fully saturated rings. The van der Waals surface area contributed by atoms with Gasteiger partial charge in [-0.3, -0.25) is 0 Å². The van der Waals surface area contributed by atoms with E-state index in [9.17, 15) is 4.79 Å².